The highest BCUT2D eigenvalue weighted by molar-refractivity contribution is 6.30. The van der Waals surface area contributed by atoms with E-state index in [9.17, 15) is 4.79 Å². The first-order chi connectivity index (χ1) is 13.0. The number of halogens is 1. The van der Waals surface area contributed by atoms with Gasteiger partial charge in [-0.1, -0.05) is 52.7 Å². The van der Waals surface area contributed by atoms with Crippen LogP contribution in [0.15, 0.2) is 47.0 Å². The maximum absolute atomic E-state index is 12.4. The zero-order chi connectivity index (χ0) is 19.0. The topological polar surface area (TPSA) is 59.2 Å². The largest absolute Gasteiger partial charge is 0.339 e. The van der Waals surface area contributed by atoms with Gasteiger partial charge in [0, 0.05) is 30.1 Å². The van der Waals surface area contributed by atoms with Crippen LogP contribution in [0.5, 0.6) is 0 Å². The first kappa shape index (κ1) is 17.7. The van der Waals surface area contributed by atoms with Gasteiger partial charge in [0.1, 0.15) is 0 Å². The molecule has 0 saturated carbocycles. The zero-order valence-electron chi connectivity index (χ0n) is 15.3. The van der Waals surface area contributed by atoms with Gasteiger partial charge in [-0.2, -0.15) is 4.98 Å². The number of amides is 1. The van der Waals surface area contributed by atoms with E-state index < -0.39 is 0 Å². The van der Waals surface area contributed by atoms with Crippen LogP contribution in [0.1, 0.15) is 34.9 Å². The van der Waals surface area contributed by atoms with E-state index >= 15 is 0 Å². The molecule has 1 amide bonds. The second kappa shape index (κ2) is 7.16. The summed E-state index contributed by atoms with van der Waals surface area (Å²) in [6.07, 6.45) is 0.391. The number of rotatable bonds is 4. The standard InChI is InChI=1S/C21H20ClN3O2/c1-13-3-8-18(14(2)9-13)20-23-21(27-24-20)16-10-19(26)25(12-16)11-15-4-6-17(22)7-5-15/h3-9,16H,10-12H2,1-2H3. The quantitative estimate of drug-likeness (QED) is 0.666. The van der Waals surface area contributed by atoms with Gasteiger partial charge in [0.15, 0.2) is 0 Å². The molecule has 6 heteroatoms. The summed E-state index contributed by atoms with van der Waals surface area (Å²) in [7, 11) is 0. The Morgan fingerprint density at radius 2 is 1.96 bits per heavy atom. The summed E-state index contributed by atoms with van der Waals surface area (Å²) in [5.74, 6) is 1.13. The molecule has 1 aromatic heterocycles. The average molecular weight is 382 g/mol. The first-order valence-electron chi connectivity index (χ1n) is 8.93. The van der Waals surface area contributed by atoms with Gasteiger partial charge in [-0.15, -0.1) is 0 Å². The molecule has 3 aromatic rings. The van der Waals surface area contributed by atoms with Crippen LogP contribution in [0.4, 0.5) is 0 Å². The highest BCUT2D eigenvalue weighted by Crippen LogP contribution is 2.30. The molecular weight excluding hydrogens is 362 g/mol. The maximum atomic E-state index is 12.4. The minimum Gasteiger partial charge on any atom is -0.339 e. The number of benzene rings is 2. The maximum Gasteiger partial charge on any atom is 0.232 e. The predicted molar refractivity (Wildman–Crippen MR) is 103 cm³/mol. The third-order valence-electron chi connectivity index (χ3n) is 4.91. The van der Waals surface area contributed by atoms with E-state index in [0.29, 0.717) is 36.2 Å². The smallest absolute Gasteiger partial charge is 0.232 e. The Bertz CT molecular complexity index is 981. The second-order valence-corrected chi connectivity index (χ2v) is 7.51. The van der Waals surface area contributed by atoms with Gasteiger partial charge >= 0.3 is 0 Å². The fourth-order valence-electron chi connectivity index (χ4n) is 3.48. The van der Waals surface area contributed by atoms with Gasteiger partial charge in [-0.05, 0) is 37.1 Å². The lowest BCUT2D eigenvalue weighted by atomic mass is 10.1. The van der Waals surface area contributed by atoms with Gasteiger partial charge in [-0.3, -0.25) is 4.79 Å². The lowest BCUT2D eigenvalue weighted by Gasteiger charge is -2.16. The molecule has 1 saturated heterocycles. The Kier molecular flexibility index (Phi) is 4.70. The van der Waals surface area contributed by atoms with Crippen molar-refractivity contribution >= 4 is 17.5 Å². The minimum absolute atomic E-state index is 0.0724. The normalized spacial score (nSPS) is 16.9. The number of likely N-dealkylation sites (tertiary alicyclic amines) is 1. The van der Waals surface area contributed by atoms with Crippen LogP contribution in [0.3, 0.4) is 0 Å². The number of hydrogen-bond acceptors (Lipinski definition) is 4. The van der Waals surface area contributed by atoms with Crippen molar-refractivity contribution in [2.24, 2.45) is 0 Å². The second-order valence-electron chi connectivity index (χ2n) is 7.08. The van der Waals surface area contributed by atoms with Crippen molar-refractivity contribution in [2.75, 3.05) is 6.54 Å². The summed E-state index contributed by atoms with van der Waals surface area (Å²) in [4.78, 5) is 18.8. The van der Waals surface area contributed by atoms with Crippen LogP contribution in [0, 0.1) is 13.8 Å². The van der Waals surface area contributed by atoms with Gasteiger partial charge in [0.05, 0.1) is 5.92 Å². The van der Waals surface area contributed by atoms with Gasteiger partial charge in [0.2, 0.25) is 17.6 Å². The predicted octanol–water partition coefficient (Wildman–Crippen LogP) is 4.52. The Balaban J connectivity index is 1.49. The van der Waals surface area contributed by atoms with Crippen molar-refractivity contribution in [3.63, 3.8) is 0 Å². The summed E-state index contributed by atoms with van der Waals surface area (Å²) < 4.78 is 5.49. The molecule has 1 aliphatic heterocycles. The van der Waals surface area contributed by atoms with E-state index in [-0.39, 0.29) is 11.8 Å². The molecule has 2 heterocycles. The Morgan fingerprint density at radius 1 is 1.19 bits per heavy atom. The average Bonchev–Trinajstić information content (AvgIpc) is 3.24. The fourth-order valence-corrected chi connectivity index (χ4v) is 3.60. The number of aromatic nitrogens is 2. The fraction of sp³-hybridized carbons (Fsp3) is 0.286. The van der Waals surface area contributed by atoms with Crippen molar-refractivity contribution < 1.29 is 9.32 Å². The zero-order valence-corrected chi connectivity index (χ0v) is 16.0. The monoisotopic (exact) mass is 381 g/mol. The number of hydrogen-bond donors (Lipinski definition) is 0. The Morgan fingerprint density at radius 3 is 2.70 bits per heavy atom. The molecule has 1 aliphatic rings. The molecule has 1 atom stereocenters. The number of carbonyl (C=O) groups is 1. The summed E-state index contributed by atoms with van der Waals surface area (Å²) in [6.45, 7) is 5.23. The highest BCUT2D eigenvalue weighted by Gasteiger charge is 2.34. The molecular formula is C21H20ClN3O2. The summed E-state index contributed by atoms with van der Waals surface area (Å²) in [6, 6.07) is 13.7. The van der Waals surface area contributed by atoms with E-state index in [0.717, 1.165) is 16.7 Å². The molecule has 0 aliphatic carbocycles. The Hall–Kier alpha value is -2.66. The molecule has 4 rings (SSSR count). The minimum atomic E-state index is -0.0724. The number of aryl methyl sites for hydroxylation is 2. The van der Waals surface area contributed by atoms with Crippen LogP contribution < -0.4 is 0 Å². The first-order valence-corrected chi connectivity index (χ1v) is 9.31. The van der Waals surface area contributed by atoms with Crippen LogP contribution in [0.2, 0.25) is 5.02 Å². The molecule has 138 valence electrons. The van der Waals surface area contributed by atoms with Crippen LogP contribution in [-0.2, 0) is 11.3 Å². The lowest BCUT2D eigenvalue weighted by Crippen LogP contribution is -2.24. The third-order valence-corrected chi connectivity index (χ3v) is 5.17. The lowest BCUT2D eigenvalue weighted by molar-refractivity contribution is -0.128. The van der Waals surface area contributed by atoms with Crippen molar-refractivity contribution in [2.45, 2.75) is 32.7 Å². The van der Waals surface area contributed by atoms with Gasteiger partial charge < -0.3 is 9.42 Å². The van der Waals surface area contributed by atoms with E-state index in [2.05, 4.69) is 23.1 Å². The molecule has 0 bridgehead atoms. The van der Waals surface area contributed by atoms with Crippen LogP contribution in [-0.4, -0.2) is 27.5 Å². The molecule has 0 spiro atoms. The van der Waals surface area contributed by atoms with Crippen molar-refractivity contribution in [3.8, 4) is 11.4 Å². The third kappa shape index (κ3) is 3.74. The Labute approximate surface area is 163 Å². The molecule has 2 aromatic carbocycles. The van der Waals surface area contributed by atoms with Gasteiger partial charge in [0.25, 0.3) is 0 Å². The summed E-state index contributed by atoms with van der Waals surface area (Å²) >= 11 is 5.92. The van der Waals surface area contributed by atoms with Crippen LogP contribution >= 0.6 is 11.6 Å². The number of carbonyl (C=O) groups excluding carboxylic acids is 1. The van der Waals surface area contributed by atoms with Crippen molar-refractivity contribution in [1.29, 1.82) is 0 Å². The van der Waals surface area contributed by atoms with Crippen molar-refractivity contribution in [1.82, 2.24) is 15.0 Å². The van der Waals surface area contributed by atoms with E-state index in [1.165, 1.54) is 5.56 Å². The molecule has 0 radical (unpaired) electrons. The summed E-state index contributed by atoms with van der Waals surface area (Å²) in [5.41, 5.74) is 4.31. The molecule has 1 fully saturated rings. The highest BCUT2D eigenvalue weighted by atomic mass is 35.5. The van der Waals surface area contributed by atoms with Gasteiger partial charge in [-0.25, -0.2) is 0 Å². The van der Waals surface area contributed by atoms with E-state index in [4.69, 9.17) is 16.1 Å². The molecule has 5 nitrogen and oxygen atoms in total. The number of nitrogens with zero attached hydrogens (tertiary/aromatic N) is 3. The molecule has 27 heavy (non-hydrogen) atoms. The molecule has 0 N–H and O–H groups in total. The van der Waals surface area contributed by atoms with Crippen molar-refractivity contribution in [3.05, 3.63) is 70.1 Å². The van der Waals surface area contributed by atoms with E-state index in [1.807, 2.05) is 48.2 Å². The van der Waals surface area contributed by atoms with Crippen LogP contribution in [0.25, 0.3) is 11.4 Å². The molecule has 1 unspecified atom stereocenters. The summed E-state index contributed by atoms with van der Waals surface area (Å²) in [5, 5.41) is 4.82. The van der Waals surface area contributed by atoms with E-state index in [1.54, 1.807) is 0 Å². The SMILES string of the molecule is Cc1ccc(-c2noc(C3CC(=O)N(Cc4ccc(Cl)cc4)C3)n2)c(C)c1.